The molecule has 0 aromatic carbocycles. The Morgan fingerprint density at radius 1 is 1.14 bits per heavy atom. The summed E-state index contributed by atoms with van der Waals surface area (Å²) < 4.78 is 1.60. The number of hydrogen-bond donors (Lipinski definition) is 1. The van der Waals surface area contributed by atoms with E-state index in [1.165, 1.54) is 6.33 Å². The van der Waals surface area contributed by atoms with Crippen molar-refractivity contribution in [2.75, 3.05) is 5.32 Å². The summed E-state index contributed by atoms with van der Waals surface area (Å²) in [6.07, 6.45) is 3.63. The molecule has 0 radical (unpaired) electrons. The molecule has 6 heteroatoms. The molecule has 114 valence electrons. The minimum Gasteiger partial charge on any atom is -0.336 e. The van der Waals surface area contributed by atoms with Crippen LogP contribution in [0.15, 0.2) is 23.3 Å². The number of carbonyl (C=O) groups is 1. The van der Waals surface area contributed by atoms with Crippen molar-refractivity contribution in [2.45, 2.75) is 39.7 Å². The van der Waals surface area contributed by atoms with Gasteiger partial charge in [-0.2, -0.15) is 0 Å². The summed E-state index contributed by atoms with van der Waals surface area (Å²) in [5.74, 6) is 0.626. The molecular weight excluding hydrogens is 280 g/mol. The number of carbonyl (C=O) groups excluding carboxylic acids is 1. The van der Waals surface area contributed by atoms with Crippen molar-refractivity contribution in [1.29, 1.82) is 0 Å². The first-order valence-electron chi connectivity index (χ1n) is 7.39. The lowest BCUT2D eigenvalue weighted by molar-refractivity contribution is 0.0975. The maximum absolute atomic E-state index is 12.7. The maximum Gasteiger partial charge on any atom is 0.274 e. The van der Waals surface area contributed by atoms with Crippen LogP contribution in [0.1, 0.15) is 41.0 Å². The highest BCUT2D eigenvalue weighted by molar-refractivity contribution is 5.96. The smallest absolute Gasteiger partial charge is 0.274 e. The number of nitrogens with zero attached hydrogens (tertiary/aromatic N) is 3. The van der Waals surface area contributed by atoms with Gasteiger partial charge >= 0.3 is 0 Å². The Bertz CT molecular complexity index is 795. The molecule has 6 nitrogen and oxygen atoms in total. The summed E-state index contributed by atoms with van der Waals surface area (Å²) in [7, 11) is 0. The molecule has 0 spiro atoms. The first-order valence-corrected chi connectivity index (χ1v) is 7.39. The van der Waals surface area contributed by atoms with Crippen LogP contribution >= 0.6 is 0 Å². The average Bonchev–Trinajstić information content (AvgIpc) is 2.67. The second kappa shape index (κ2) is 5.71. The van der Waals surface area contributed by atoms with Gasteiger partial charge in [0.2, 0.25) is 0 Å². The molecule has 0 aliphatic carbocycles. The SMILES string of the molecule is Cc1cc(Nc2cc(C)c3n(c2=O)CCCCC3=O)ncn1. The van der Waals surface area contributed by atoms with E-state index in [0.717, 1.165) is 24.1 Å². The molecule has 1 N–H and O–H groups in total. The van der Waals surface area contributed by atoms with Crippen LogP contribution in [0.2, 0.25) is 0 Å². The number of rotatable bonds is 2. The Morgan fingerprint density at radius 2 is 1.95 bits per heavy atom. The lowest BCUT2D eigenvalue weighted by Crippen LogP contribution is -2.27. The average molecular weight is 298 g/mol. The third-order valence-electron chi connectivity index (χ3n) is 3.85. The second-order valence-electron chi connectivity index (χ2n) is 5.60. The number of ketones is 1. The molecule has 1 aliphatic rings. The fourth-order valence-electron chi connectivity index (χ4n) is 2.81. The van der Waals surface area contributed by atoms with Crippen LogP contribution in [-0.2, 0) is 6.54 Å². The van der Waals surface area contributed by atoms with Crippen LogP contribution in [0.3, 0.4) is 0 Å². The molecule has 0 saturated carbocycles. The van der Waals surface area contributed by atoms with Gasteiger partial charge in [0.25, 0.3) is 5.56 Å². The van der Waals surface area contributed by atoms with Crippen LogP contribution < -0.4 is 10.9 Å². The molecular formula is C16H18N4O2. The van der Waals surface area contributed by atoms with E-state index in [0.29, 0.717) is 30.2 Å². The summed E-state index contributed by atoms with van der Waals surface area (Å²) in [5.41, 5.74) is 2.45. The second-order valence-corrected chi connectivity index (χ2v) is 5.60. The molecule has 3 rings (SSSR count). The monoisotopic (exact) mass is 298 g/mol. The number of aromatic nitrogens is 3. The normalized spacial score (nSPS) is 14.4. The van der Waals surface area contributed by atoms with Gasteiger partial charge in [0.15, 0.2) is 5.78 Å². The van der Waals surface area contributed by atoms with Gasteiger partial charge in [-0.05, 0) is 38.3 Å². The molecule has 0 atom stereocenters. The number of fused-ring (bicyclic) bond motifs is 1. The number of Topliss-reactive ketones (excluding diaryl/α,β-unsaturated/α-hetero) is 1. The number of pyridine rings is 1. The number of aryl methyl sites for hydroxylation is 2. The maximum atomic E-state index is 12.7. The van der Waals surface area contributed by atoms with E-state index >= 15 is 0 Å². The highest BCUT2D eigenvalue weighted by Crippen LogP contribution is 2.20. The van der Waals surface area contributed by atoms with Gasteiger partial charge in [-0.3, -0.25) is 9.59 Å². The first-order chi connectivity index (χ1) is 10.6. The predicted molar refractivity (Wildman–Crippen MR) is 83.7 cm³/mol. The highest BCUT2D eigenvalue weighted by Gasteiger charge is 2.21. The molecule has 0 saturated heterocycles. The summed E-state index contributed by atoms with van der Waals surface area (Å²) in [5, 5.41) is 3.04. The number of hydrogen-bond acceptors (Lipinski definition) is 5. The minimum atomic E-state index is -0.174. The molecule has 0 amide bonds. The zero-order valence-corrected chi connectivity index (χ0v) is 12.7. The van der Waals surface area contributed by atoms with Crippen molar-refractivity contribution in [2.24, 2.45) is 0 Å². The minimum absolute atomic E-state index is 0.0523. The fourth-order valence-corrected chi connectivity index (χ4v) is 2.81. The van der Waals surface area contributed by atoms with Crippen LogP contribution in [0.25, 0.3) is 0 Å². The van der Waals surface area contributed by atoms with Crippen molar-refractivity contribution >= 4 is 17.3 Å². The molecule has 0 bridgehead atoms. The lowest BCUT2D eigenvalue weighted by atomic mass is 10.1. The quantitative estimate of drug-likeness (QED) is 0.921. The van der Waals surface area contributed by atoms with Crippen molar-refractivity contribution in [1.82, 2.24) is 14.5 Å². The van der Waals surface area contributed by atoms with Gasteiger partial charge in [0, 0.05) is 24.7 Å². The van der Waals surface area contributed by atoms with Gasteiger partial charge in [-0.15, -0.1) is 0 Å². The van der Waals surface area contributed by atoms with Crippen molar-refractivity contribution < 1.29 is 4.79 Å². The molecule has 2 aromatic heterocycles. The van der Waals surface area contributed by atoms with Crippen LogP contribution in [0.5, 0.6) is 0 Å². The van der Waals surface area contributed by atoms with Gasteiger partial charge in [0.1, 0.15) is 17.8 Å². The molecule has 0 fully saturated rings. The van der Waals surface area contributed by atoms with Crippen LogP contribution in [0, 0.1) is 13.8 Å². The third kappa shape index (κ3) is 2.64. The summed E-state index contributed by atoms with van der Waals surface area (Å²) in [6.45, 7) is 4.31. The topological polar surface area (TPSA) is 76.9 Å². The zero-order chi connectivity index (χ0) is 15.7. The molecule has 22 heavy (non-hydrogen) atoms. The largest absolute Gasteiger partial charge is 0.336 e. The summed E-state index contributed by atoms with van der Waals surface area (Å²) in [4.78, 5) is 33.0. The van der Waals surface area contributed by atoms with E-state index < -0.39 is 0 Å². The van der Waals surface area contributed by atoms with Crippen LogP contribution in [0.4, 0.5) is 11.5 Å². The first kappa shape index (κ1) is 14.4. The summed E-state index contributed by atoms with van der Waals surface area (Å²) >= 11 is 0. The summed E-state index contributed by atoms with van der Waals surface area (Å²) in [6, 6.07) is 3.51. The van der Waals surface area contributed by atoms with Crippen molar-refractivity contribution in [3.05, 3.63) is 45.8 Å². The van der Waals surface area contributed by atoms with Gasteiger partial charge in [-0.25, -0.2) is 9.97 Å². The van der Waals surface area contributed by atoms with E-state index in [1.807, 2.05) is 13.8 Å². The van der Waals surface area contributed by atoms with Crippen LogP contribution in [-0.4, -0.2) is 20.3 Å². The lowest BCUT2D eigenvalue weighted by Gasteiger charge is -2.14. The fraction of sp³-hybridized carbons (Fsp3) is 0.375. The van der Waals surface area contributed by atoms with Gasteiger partial charge in [-0.1, -0.05) is 0 Å². The van der Waals surface area contributed by atoms with Crippen molar-refractivity contribution in [3.8, 4) is 0 Å². The Balaban J connectivity index is 2.07. The predicted octanol–water partition coefficient (Wildman–Crippen LogP) is 2.37. The number of anilines is 2. The molecule has 0 unspecified atom stereocenters. The Labute approximate surface area is 128 Å². The van der Waals surface area contributed by atoms with Crippen molar-refractivity contribution in [3.63, 3.8) is 0 Å². The zero-order valence-electron chi connectivity index (χ0n) is 12.7. The van der Waals surface area contributed by atoms with E-state index in [4.69, 9.17) is 0 Å². The van der Waals surface area contributed by atoms with E-state index in [-0.39, 0.29) is 11.3 Å². The molecule has 2 aromatic rings. The van der Waals surface area contributed by atoms with Gasteiger partial charge in [0.05, 0.1) is 5.69 Å². The van der Waals surface area contributed by atoms with Gasteiger partial charge < -0.3 is 9.88 Å². The van der Waals surface area contributed by atoms with E-state index in [9.17, 15) is 9.59 Å². The molecule has 1 aliphatic heterocycles. The van der Waals surface area contributed by atoms with E-state index in [1.54, 1.807) is 16.7 Å². The number of nitrogens with one attached hydrogen (secondary N) is 1. The standard InChI is InChI=1S/C16H18N4O2/c1-10-7-12(19-14-8-11(2)17-9-18-14)16(22)20-6-4-3-5-13(21)15(10)20/h7-9H,3-6H2,1-2H3,(H,17,18,19). The Hall–Kier alpha value is -2.50. The Morgan fingerprint density at radius 3 is 2.73 bits per heavy atom. The third-order valence-corrected chi connectivity index (χ3v) is 3.85. The molecule has 3 heterocycles. The highest BCUT2D eigenvalue weighted by atomic mass is 16.1. The Kier molecular flexibility index (Phi) is 3.75. The van der Waals surface area contributed by atoms with E-state index in [2.05, 4.69) is 15.3 Å².